The van der Waals surface area contributed by atoms with E-state index in [1.807, 2.05) is 31.7 Å². The molecule has 0 aromatic carbocycles. The Bertz CT molecular complexity index is 623. The zero-order valence-corrected chi connectivity index (χ0v) is 14.2. The number of rotatable bonds is 2. The summed E-state index contributed by atoms with van der Waals surface area (Å²) in [7, 11) is 0. The number of hydrogen-bond donors (Lipinski definition) is 1. The van der Waals surface area contributed by atoms with E-state index in [1.165, 1.54) is 6.20 Å². The van der Waals surface area contributed by atoms with Gasteiger partial charge in [0.05, 0.1) is 6.20 Å². The van der Waals surface area contributed by atoms with Crippen molar-refractivity contribution in [2.24, 2.45) is 0 Å². The molecule has 124 valence electrons. The number of piperidine rings is 1. The molecular weight excluding hydrogens is 318 g/mol. The summed E-state index contributed by atoms with van der Waals surface area (Å²) in [6.45, 7) is 6.17. The van der Waals surface area contributed by atoms with Crippen molar-refractivity contribution in [1.82, 2.24) is 15.3 Å². The third kappa shape index (κ3) is 4.70. The zero-order chi connectivity index (χ0) is 17.0. The van der Waals surface area contributed by atoms with Crippen molar-refractivity contribution in [3.05, 3.63) is 17.0 Å². The van der Waals surface area contributed by atoms with Gasteiger partial charge in [0, 0.05) is 6.54 Å². The molecule has 0 aliphatic carbocycles. The molecule has 1 saturated heterocycles. The Kier molecular flexibility index (Phi) is 5.26. The minimum Gasteiger partial charge on any atom is -0.444 e. The van der Waals surface area contributed by atoms with Gasteiger partial charge in [0.25, 0.3) is 0 Å². The molecule has 1 atom stereocenters. The summed E-state index contributed by atoms with van der Waals surface area (Å²) in [4.78, 5) is 22.1. The van der Waals surface area contributed by atoms with Crippen LogP contribution in [-0.2, 0) is 4.74 Å². The van der Waals surface area contributed by atoms with E-state index in [-0.39, 0.29) is 17.0 Å². The lowest BCUT2D eigenvalue weighted by Gasteiger charge is -2.37. The molecule has 0 unspecified atom stereocenters. The molecule has 1 aromatic heterocycles. The molecule has 1 N–H and O–H groups in total. The van der Waals surface area contributed by atoms with E-state index in [2.05, 4.69) is 15.3 Å². The lowest BCUT2D eigenvalue weighted by atomic mass is 10.1. The highest BCUT2D eigenvalue weighted by Crippen LogP contribution is 2.23. The molecule has 2 heterocycles. The van der Waals surface area contributed by atoms with Crippen molar-refractivity contribution in [2.45, 2.75) is 51.8 Å². The van der Waals surface area contributed by atoms with Gasteiger partial charge in [0.15, 0.2) is 16.7 Å². The molecule has 0 radical (unpaired) electrons. The monoisotopic (exact) mass is 337 g/mol. The standard InChI is InChI=1S/C15H20ClN5O2/c1-15(2,3)23-14(22)20-11-6-4-5-7-21(11)12-9-18-10(8-17)13(16)19-12/h9,11H,4-7H2,1-3H3,(H,20,22)/t11-/m1/s1. The quantitative estimate of drug-likeness (QED) is 0.892. The number of nitriles is 1. The number of carbonyl (C=O) groups excluding carboxylic acids is 1. The highest BCUT2D eigenvalue weighted by Gasteiger charge is 2.27. The third-order valence-corrected chi connectivity index (χ3v) is 3.57. The number of anilines is 1. The number of ether oxygens (including phenoxy) is 1. The molecule has 1 aliphatic heterocycles. The normalized spacial score (nSPS) is 18.2. The molecular formula is C15H20ClN5O2. The van der Waals surface area contributed by atoms with Crippen molar-refractivity contribution in [3.8, 4) is 6.07 Å². The molecule has 8 heteroatoms. The first kappa shape index (κ1) is 17.3. The Morgan fingerprint density at radius 1 is 1.52 bits per heavy atom. The summed E-state index contributed by atoms with van der Waals surface area (Å²) in [5.41, 5.74) is -0.467. The van der Waals surface area contributed by atoms with Crippen LogP contribution in [0.5, 0.6) is 0 Å². The fourth-order valence-corrected chi connectivity index (χ4v) is 2.55. The van der Waals surface area contributed by atoms with Crippen LogP contribution in [0.15, 0.2) is 6.20 Å². The number of hydrogen-bond acceptors (Lipinski definition) is 6. The van der Waals surface area contributed by atoms with Crippen LogP contribution in [0.3, 0.4) is 0 Å². The van der Waals surface area contributed by atoms with Gasteiger partial charge in [-0.2, -0.15) is 5.26 Å². The Balaban J connectivity index is 2.14. The Morgan fingerprint density at radius 3 is 2.87 bits per heavy atom. The predicted octanol–water partition coefficient (Wildman–Crippen LogP) is 2.84. The van der Waals surface area contributed by atoms with Gasteiger partial charge in [-0.1, -0.05) is 11.6 Å². The van der Waals surface area contributed by atoms with Gasteiger partial charge in [0.1, 0.15) is 17.8 Å². The lowest BCUT2D eigenvalue weighted by Crippen LogP contribution is -2.52. The zero-order valence-electron chi connectivity index (χ0n) is 13.5. The first-order valence-electron chi connectivity index (χ1n) is 7.49. The number of amides is 1. The van der Waals surface area contributed by atoms with Gasteiger partial charge < -0.3 is 15.0 Å². The Morgan fingerprint density at radius 2 is 2.26 bits per heavy atom. The fraction of sp³-hybridized carbons (Fsp3) is 0.600. The molecule has 1 amide bonds. The van der Waals surface area contributed by atoms with Crippen LogP contribution in [0, 0.1) is 11.3 Å². The summed E-state index contributed by atoms with van der Waals surface area (Å²) in [5, 5.41) is 11.8. The van der Waals surface area contributed by atoms with Gasteiger partial charge in [-0.15, -0.1) is 0 Å². The van der Waals surface area contributed by atoms with Gasteiger partial charge in [-0.05, 0) is 40.0 Å². The number of aromatic nitrogens is 2. The van der Waals surface area contributed by atoms with Crippen LogP contribution in [0.1, 0.15) is 45.7 Å². The molecule has 1 fully saturated rings. The molecule has 2 rings (SSSR count). The minimum absolute atomic E-state index is 0.0617. The molecule has 0 bridgehead atoms. The van der Waals surface area contributed by atoms with E-state index < -0.39 is 11.7 Å². The van der Waals surface area contributed by atoms with Crippen LogP contribution in [-0.4, -0.2) is 34.4 Å². The maximum Gasteiger partial charge on any atom is 0.409 e. The average Bonchev–Trinajstić information content (AvgIpc) is 2.45. The van der Waals surface area contributed by atoms with Crippen molar-refractivity contribution in [3.63, 3.8) is 0 Å². The van der Waals surface area contributed by atoms with E-state index in [4.69, 9.17) is 21.6 Å². The van der Waals surface area contributed by atoms with Crippen LogP contribution in [0.2, 0.25) is 5.15 Å². The summed E-state index contributed by atoms with van der Waals surface area (Å²) in [5.74, 6) is 0.537. The van der Waals surface area contributed by atoms with Crippen molar-refractivity contribution in [1.29, 1.82) is 5.26 Å². The Labute approximate surface area is 140 Å². The van der Waals surface area contributed by atoms with E-state index >= 15 is 0 Å². The smallest absolute Gasteiger partial charge is 0.409 e. The highest BCUT2D eigenvalue weighted by molar-refractivity contribution is 6.30. The first-order valence-corrected chi connectivity index (χ1v) is 7.87. The second-order valence-corrected chi connectivity index (χ2v) is 6.69. The molecule has 1 aliphatic rings. The second kappa shape index (κ2) is 7.01. The molecule has 23 heavy (non-hydrogen) atoms. The van der Waals surface area contributed by atoms with Crippen LogP contribution < -0.4 is 10.2 Å². The van der Waals surface area contributed by atoms with Gasteiger partial charge in [-0.3, -0.25) is 0 Å². The van der Waals surface area contributed by atoms with Crippen molar-refractivity contribution >= 4 is 23.5 Å². The van der Waals surface area contributed by atoms with Crippen LogP contribution in [0.25, 0.3) is 0 Å². The van der Waals surface area contributed by atoms with Crippen LogP contribution >= 0.6 is 11.6 Å². The average molecular weight is 338 g/mol. The number of alkyl carbamates (subject to hydrolysis) is 1. The van der Waals surface area contributed by atoms with Crippen molar-refractivity contribution in [2.75, 3.05) is 11.4 Å². The van der Waals surface area contributed by atoms with Gasteiger partial charge >= 0.3 is 6.09 Å². The van der Waals surface area contributed by atoms with Gasteiger partial charge in [-0.25, -0.2) is 14.8 Å². The Hall–Kier alpha value is -2.07. The van der Waals surface area contributed by atoms with E-state index in [0.29, 0.717) is 5.82 Å². The fourth-order valence-electron chi connectivity index (χ4n) is 2.37. The first-order chi connectivity index (χ1) is 10.8. The topological polar surface area (TPSA) is 91.1 Å². The van der Waals surface area contributed by atoms with Gasteiger partial charge in [0.2, 0.25) is 0 Å². The highest BCUT2D eigenvalue weighted by atomic mass is 35.5. The van der Waals surface area contributed by atoms with Crippen LogP contribution in [0.4, 0.5) is 10.6 Å². The molecule has 7 nitrogen and oxygen atoms in total. The summed E-state index contributed by atoms with van der Waals surface area (Å²) in [6.07, 6.45) is 3.54. The molecule has 0 spiro atoms. The number of halogens is 1. The van der Waals surface area contributed by atoms with Crippen molar-refractivity contribution < 1.29 is 9.53 Å². The summed E-state index contributed by atoms with van der Waals surface area (Å²) < 4.78 is 5.30. The molecule has 0 saturated carbocycles. The second-order valence-electron chi connectivity index (χ2n) is 6.33. The maximum absolute atomic E-state index is 12.0. The SMILES string of the molecule is CC(C)(C)OC(=O)N[C@H]1CCCCN1c1cnc(C#N)c(Cl)n1. The number of nitrogens with zero attached hydrogens (tertiary/aromatic N) is 4. The number of nitrogens with one attached hydrogen (secondary N) is 1. The maximum atomic E-state index is 12.0. The number of carbonyl (C=O) groups is 1. The van der Waals surface area contributed by atoms with E-state index in [1.54, 1.807) is 0 Å². The predicted molar refractivity (Wildman–Crippen MR) is 86.1 cm³/mol. The molecule has 1 aromatic rings. The summed E-state index contributed by atoms with van der Waals surface area (Å²) in [6, 6.07) is 1.88. The summed E-state index contributed by atoms with van der Waals surface area (Å²) >= 11 is 5.95. The minimum atomic E-state index is -0.554. The van der Waals surface area contributed by atoms with E-state index in [9.17, 15) is 4.79 Å². The largest absolute Gasteiger partial charge is 0.444 e. The third-order valence-electron chi connectivity index (χ3n) is 3.30. The van der Waals surface area contributed by atoms with E-state index in [0.717, 1.165) is 25.8 Å². The lowest BCUT2D eigenvalue weighted by molar-refractivity contribution is 0.0496.